The number of ether oxygens (including phenoxy) is 4. The molecular weight excluding hydrogens is 350 g/mol. The summed E-state index contributed by atoms with van der Waals surface area (Å²) >= 11 is 0. The first-order valence-corrected chi connectivity index (χ1v) is 7.94. The molecule has 1 aliphatic heterocycles. The van der Waals surface area contributed by atoms with Gasteiger partial charge < -0.3 is 29.6 Å². The fourth-order valence-electron chi connectivity index (χ4n) is 2.39. The highest BCUT2D eigenvalue weighted by Gasteiger charge is 2.15. The molecule has 1 aliphatic rings. The topological polar surface area (TPSA) is 102 Å². The molecule has 2 N–H and O–H groups in total. The van der Waals surface area contributed by atoms with Crippen LogP contribution in [0, 0.1) is 11.3 Å². The molecule has 138 valence electrons. The second-order valence-corrected chi connectivity index (χ2v) is 5.40. The molecule has 27 heavy (non-hydrogen) atoms. The van der Waals surface area contributed by atoms with Crippen molar-refractivity contribution in [2.45, 2.75) is 0 Å². The molecule has 0 saturated carbocycles. The third kappa shape index (κ3) is 4.04. The number of nitrogens with one attached hydrogen (secondary N) is 2. The number of carbonyl (C=O) groups is 1. The summed E-state index contributed by atoms with van der Waals surface area (Å²) in [4.78, 5) is 12.4. The van der Waals surface area contributed by atoms with Crippen molar-refractivity contribution in [3.63, 3.8) is 0 Å². The molecule has 0 unspecified atom stereocenters. The van der Waals surface area contributed by atoms with E-state index < -0.39 is 5.91 Å². The Hall–Kier alpha value is -3.86. The van der Waals surface area contributed by atoms with Gasteiger partial charge >= 0.3 is 0 Å². The molecule has 0 atom stereocenters. The lowest BCUT2D eigenvalue weighted by Crippen LogP contribution is -2.15. The van der Waals surface area contributed by atoms with E-state index in [1.54, 1.807) is 36.4 Å². The van der Waals surface area contributed by atoms with Gasteiger partial charge in [-0.05, 0) is 24.3 Å². The number of nitriles is 1. The first-order chi connectivity index (χ1) is 13.1. The van der Waals surface area contributed by atoms with Crippen molar-refractivity contribution < 1.29 is 23.7 Å². The standard InChI is InChI=1S/C19H17N3O5/c1-24-14-4-6-16(25-2)15(8-14)22-19(23)12(9-20)10-21-13-3-5-17-18(7-13)27-11-26-17/h3-8,10,21H,11H2,1-2H3,(H,22,23)/b12-10-. The van der Waals surface area contributed by atoms with Gasteiger partial charge in [-0.3, -0.25) is 4.79 Å². The van der Waals surface area contributed by atoms with Gasteiger partial charge in [-0.2, -0.15) is 5.26 Å². The Morgan fingerprint density at radius 2 is 1.96 bits per heavy atom. The summed E-state index contributed by atoms with van der Waals surface area (Å²) in [7, 11) is 3.00. The molecule has 0 aromatic heterocycles. The summed E-state index contributed by atoms with van der Waals surface area (Å²) in [6, 6.07) is 12.1. The van der Waals surface area contributed by atoms with Crippen LogP contribution in [-0.4, -0.2) is 26.9 Å². The molecule has 0 fully saturated rings. The average molecular weight is 367 g/mol. The molecule has 0 spiro atoms. The van der Waals surface area contributed by atoms with Crippen molar-refractivity contribution in [3.05, 3.63) is 48.2 Å². The molecule has 2 aromatic carbocycles. The molecule has 0 bridgehead atoms. The molecule has 0 radical (unpaired) electrons. The third-order valence-electron chi connectivity index (χ3n) is 3.78. The third-order valence-corrected chi connectivity index (χ3v) is 3.78. The van der Waals surface area contributed by atoms with Crippen LogP contribution in [0.25, 0.3) is 0 Å². The number of hydrogen-bond acceptors (Lipinski definition) is 7. The summed E-state index contributed by atoms with van der Waals surface area (Å²) in [5.74, 6) is 1.65. The lowest BCUT2D eigenvalue weighted by Gasteiger charge is -2.11. The first-order valence-electron chi connectivity index (χ1n) is 7.94. The molecule has 3 rings (SSSR count). The number of rotatable bonds is 6. The monoisotopic (exact) mass is 367 g/mol. The predicted molar refractivity (Wildman–Crippen MR) is 98.1 cm³/mol. The zero-order chi connectivity index (χ0) is 19.2. The molecule has 1 heterocycles. The largest absolute Gasteiger partial charge is 0.497 e. The Balaban J connectivity index is 1.74. The zero-order valence-electron chi connectivity index (χ0n) is 14.7. The van der Waals surface area contributed by atoms with E-state index in [-0.39, 0.29) is 12.4 Å². The molecule has 1 amide bonds. The van der Waals surface area contributed by atoms with E-state index in [0.29, 0.717) is 34.4 Å². The van der Waals surface area contributed by atoms with E-state index in [1.807, 2.05) is 6.07 Å². The van der Waals surface area contributed by atoms with E-state index in [2.05, 4.69) is 10.6 Å². The Morgan fingerprint density at radius 3 is 2.70 bits per heavy atom. The Kier molecular flexibility index (Phi) is 5.33. The van der Waals surface area contributed by atoms with Crippen LogP contribution in [0.1, 0.15) is 0 Å². The quantitative estimate of drug-likeness (QED) is 0.598. The maximum Gasteiger partial charge on any atom is 0.267 e. The Bertz CT molecular complexity index is 933. The van der Waals surface area contributed by atoms with Crippen molar-refractivity contribution in [1.29, 1.82) is 5.26 Å². The molecule has 8 heteroatoms. The van der Waals surface area contributed by atoms with Gasteiger partial charge in [0.2, 0.25) is 6.79 Å². The van der Waals surface area contributed by atoms with Gasteiger partial charge in [0.05, 0.1) is 19.9 Å². The van der Waals surface area contributed by atoms with Crippen molar-refractivity contribution in [1.82, 2.24) is 0 Å². The fourth-order valence-corrected chi connectivity index (χ4v) is 2.39. The van der Waals surface area contributed by atoms with Crippen LogP contribution in [0.15, 0.2) is 48.2 Å². The van der Waals surface area contributed by atoms with E-state index in [9.17, 15) is 10.1 Å². The number of amides is 1. The number of methoxy groups -OCH3 is 2. The van der Waals surface area contributed by atoms with Gasteiger partial charge in [-0.25, -0.2) is 0 Å². The van der Waals surface area contributed by atoms with Crippen LogP contribution in [0.5, 0.6) is 23.0 Å². The number of benzene rings is 2. The van der Waals surface area contributed by atoms with E-state index in [1.165, 1.54) is 20.4 Å². The number of fused-ring (bicyclic) bond motifs is 1. The lowest BCUT2D eigenvalue weighted by molar-refractivity contribution is -0.112. The van der Waals surface area contributed by atoms with Crippen LogP contribution < -0.4 is 29.6 Å². The Morgan fingerprint density at radius 1 is 1.15 bits per heavy atom. The second kappa shape index (κ2) is 8.01. The molecule has 8 nitrogen and oxygen atoms in total. The first kappa shape index (κ1) is 17.9. The SMILES string of the molecule is COc1ccc(OC)c(NC(=O)/C(C#N)=C\Nc2ccc3c(c2)OCO3)c1. The summed E-state index contributed by atoms with van der Waals surface area (Å²) in [6.45, 7) is 0.169. The van der Waals surface area contributed by atoms with Crippen molar-refractivity contribution >= 4 is 17.3 Å². The van der Waals surface area contributed by atoms with Crippen LogP contribution >= 0.6 is 0 Å². The minimum atomic E-state index is -0.586. The van der Waals surface area contributed by atoms with Gasteiger partial charge in [-0.1, -0.05) is 0 Å². The minimum Gasteiger partial charge on any atom is -0.497 e. The molecule has 0 saturated heterocycles. The van der Waals surface area contributed by atoms with Crippen LogP contribution in [0.2, 0.25) is 0 Å². The number of hydrogen-bond donors (Lipinski definition) is 2. The normalized spacial score (nSPS) is 12.1. The maximum atomic E-state index is 12.4. The fraction of sp³-hybridized carbons (Fsp3) is 0.158. The second-order valence-electron chi connectivity index (χ2n) is 5.40. The summed E-state index contributed by atoms with van der Waals surface area (Å²) in [5.41, 5.74) is 0.933. The van der Waals surface area contributed by atoms with Gasteiger partial charge in [-0.15, -0.1) is 0 Å². The van der Waals surface area contributed by atoms with Crippen LogP contribution in [0.3, 0.4) is 0 Å². The predicted octanol–water partition coefficient (Wildman–Crippen LogP) is 2.89. The molecular formula is C19H17N3O5. The van der Waals surface area contributed by atoms with Gasteiger partial charge in [0.1, 0.15) is 23.1 Å². The van der Waals surface area contributed by atoms with Crippen molar-refractivity contribution in [3.8, 4) is 29.1 Å². The van der Waals surface area contributed by atoms with E-state index >= 15 is 0 Å². The average Bonchev–Trinajstić information content (AvgIpc) is 3.16. The van der Waals surface area contributed by atoms with E-state index in [4.69, 9.17) is 18.9 Å². The molecule has 0 aliphatic carbocycles. The summed E-state index contributed by atoms with van der Waals surface area (Å²) in [5, 5.41) is 14.9. The zero-order valence-corrected chi connectivity index (χ0v) is 14.7. The van der Waals surface area contributed by atoms with Gasteiger partial charge in [0, 0.05) is 24.0 Å². The maximum absolute atomic E-state index is 12.4. The minimum absolute atomic E-state index is 0.113. The summed E-state index contributed by atoms with van der Waals surface area (Å²) < 4.78 is 20.9. The van der Waals surface area contributed by atoms with Gasteiger partial charge in [0.25, 0.3) is 5.91 Å². The summed E-state index contributed by atoms with van der Waals surface area (Å²) in [6.07, 6.45) is 1.32. The lowest BCUT2D eigenvalue weighted by atomic mass is 10.2. The number of nitrogens with zero attached hydrogens (tertiary/aromatic N) is 1. The number of anilines is 2. The smallest absolute Gasteiger partial charge is 0.267 e. The van der Waals surface area contributed by atoms with Crippen LogP contribution in [-0.2, 0) is 4.79 Å². The highest BCUT2D eigenvalue weighted by atomic mass is 16.7. The Labute approximate surface area is 155 Å². The highest BCUT2D eigenvalue weighted by Crippen LogP contribution is 2.34. The van der Waals surface area contributed by atoms with E-state index in [0.717, 1.165) is 0 Å². The van der Waals surface area contributed by atoms with Crippen molar-refractivity contribution in [2.75, 3.05) is 31.6 Å². The van der Waals surface area contributed by atoms with Gasteiger partial charge in [0.15, 0.2) is 11.5 Å². The highest BCUT2D eigenvalue weighted by molar-refractivity contribution is 6.07. The van der Waals surface area contributed by atoms with Crippen molar-refractivity contribution in [2.24, 2.45) is 0 Å². The van der Waals surface area contributed by atoms with Crippen LogP contribution in [0.4, 0.5) is 11.4 Å². The molecule has 2 aromatic rings. The number of carbonyl (C=O) groups excluding carboxylic acids is 1.